The number of aryl methyl sites for hydroxylation is 2. The second-order valence-electron chi connectivity index (χ2n) is 33.4. The molecule has 0 saturated heterocycles. The molecule has 2 aliphatic rings. The Hall–Kier alpha value is -9.10. The third kappa shape index (κ3) is 94.1. The number of unbranched alkanes of at least 4 members (excludes halogenated alkanes) is 1. The van der Waals surface area contributed by atoms with E-state index in [2.05, 4.69) is 232 Å². The Morgan fingerprint density at radius 3 is 0.955 bits per heavy atom. The van der Waals surface area contributed by atoms with Crippen LogP contribution in [0.4, 0.5) is 0 Å². The summed E-state index contributed by atoms with van der Waals surface area (Å²) in [6.45, 7) is 81.5. The number of carbonyl (C=O) groups excluding carboxylic acids is 7. The van der Waals surface area contributed by atoms with Crippen LogP contribution in [0.1, 0.15) is 340 Å². The number of Topliss-reactive ketones (excluding diaryl/α,β-unsaturated/α-hetero) is 1. The number of aliphatic hydroxyl groups excluding tert-OH is 1. The predicted octanol–water partition coefficient (Wildman–Crippen LogP) is 33.6. The molecule has 0 fully saturated rings. The van der Waals surface area contributed by atoms with Gasteiger partial charge in [-0.3, -0.25) is 28.8 Å². The number of benzene rings is 7. The van der Waals surface area contributed by atoms with E-state index in [1.54, 1.807) is 0 Å². The standard InChI is InChI=1S/C16H14O2.C15H12O2.C9H10O2.C9H18O2.C9H12O.C8H10.C7H18Si.C6H12O2.C6H16Si.C5H8O2.C5H12.C4H8.C3H6O.C3H8.3C2H6.5CH4/c1-11(17)18-10-16-14-8-4-2-6-12(14)13-7-3-5-9-15(13)16;16-10-17-9-15-13-7-3-1-5-11(13)12-6-2-4-8-14(12)15;1-8(10)11-7-9-5-3-2-4-6-9;1-8(2)6-4-5-7-11-9(3)10;1-2-8-3-5-9(7-10)6-4-8;1-2-8-6-4-3-5-7-8;1-7(2)6-8(3,4)5;1-5(2)4-8-6(3)7;1-6(2,3)7(4)5;1-3-4-7-5(2)6;1-4-5(2)3;1-3-4-2;1-3(2)4;1-3-2;3*1-2;;;;;/h2-9,16H,10H2,1H3;1-8,10,15H,9H2;2-6H,7H2,1H3;8H,4-7H2,1-3H3;3-6,10H,2,7H2,1H3;3-7H,2H2,1H3;7H,6H2,1-5H3;5H,4H2,1-3H3;7H,1-5H3;3H,1,4H2,2H3;5H,4H2,1-3H3;3H,1,4H2,2H3;1-2H3;3H2,1-2H3;3*1-2H3;5*1H4. The van der Waals surface area contributed by atoms with Crippen molar-refractivity contribution < 1.29 is 67.1 Å². The molecule has 758 valence electrons. The summed E-state index contributed by atoms with van der Waals surface area (Å²) in [5.41, 5.74) is 14.7. The number of ether oxygens (including phenoxy) is 6. The number of hydrogen-bond acceptors (Lipinski definition) is 14. The van der Waals surface area contributed by atoms with Gasteiger partial charge >= 0.3 is 29.8 Å². The fourth-order valence-electron chi connectivity index (χ4n) is 10.1. The maximum absolute atomic E-state index is 11.0. The van der Waals surface area contributed by atoms with Crippen molar-refractivity contribution in [2.45, 2.75) is 365 Å². The number of esters is 5. The number of ketones is 1. The maximum Gasteiger partial charge on any atom is 0.302 e. The van der Waals surface area contributed by atoms with Gasteiger partial charge in [-0.1, -0.05) is 455 Å². The summed E-state index contributed by atoms with van der Waals surface area (Å²) in [6.07, 6.45) is 12.6. The highest BCUT2D eigenvalue weighted by Gasteiger charge is 2.30. The molecule has 0 aromatic heterocycles. The number of allylic oxidation sites excluding steroid dienone is 1. The minimum Gasteiger partial charge on any atom is -0.467 e. The molecule has 132 heavy (non-hydrogen) atoms. The first-order valence-electron chi connectivity index (χ1n) is 46.5. The Balaban J connectivity index is -0.000000107. The zero-order chi connectivity index (χ0) is 99.3. The normalized spacial score (nSPS) is 9.80. The minimum absolute atomic E-state index is 0. The van der Waals surface area contributed by atoms with E-state index in [1.807, 2.05) is 171 Å². The first kappa shape index (κ1) is 151. The van der Waals surface area contributed by atoms with Crippen LogP contribution in [0.25, 0.3) is 22.3 Å². The third-order valence-electron chi connectivity index (χ3n) is 17.2. The molecular weight excluding hydrogens is 1670 g/mol. The van der Waals surface area contributed by atoms with Crippen LogP contribution in [0.5, 0.6) is 0 Å². The van der Waals surface area contributed by atoms with Gasteiger partial charge in [-0.25, -0.2) is 0 Å². The molecule has 0 saturated carbocycles. The lowest BCUT2D eigenvalue weighted by Crippen LogP contribution is -2.21. The summed E-state index contributed by atoms with van der Waals surface area (Å²) in [4.78, 5) is 71.6. The smallest absolute Gasteiger partial charge is 0.302 e. The summed E-state index contributed by atoms with van der Waals surface area (Å²) >= 11 is 0. The van der Waals surface area contributed by atoms with Crippen LogP contribution in [0.15, 0.2) is 207 Å². The molecule has 7 aromatic carbocycles. The number of hydrogen-bond donors (Lipinski definition) is 1. The van der Waals surface area contributed by atoms with E-state index in [9.17, 15) is 33.6 Å². The molecule has 14 nitrogen and oxygen atoms in total. The SMILES string of the molecule is C.C.C.C.C.C=CCC.C=CCOC(C)=O.CC.CC.CC.CC(=O)OCC(C)C.CC(=O)OCC1c2ccccc2-c2ccccc21.CC(=O)OCCCCC(C)C.CC(=O)OCc1ccccc1.CC(C)=O.CC(C)C[Si](C)(C)C.CCC.CCC(C)C.CCc1ccc(CO)cc1.CCc1ccccc1.C[SiH](C)C(C)(C)C.O=COCC1c2ccccc2-c2ccccc21. The van der Waals surface area contributed by atoms with Gasteiger partial charge in [0.2, 0.25) is 0 Å². The largest absolute Gasteiger partial charge is 0.467 e. The Bertz CT molecular complexity index is 3660. The quantitative estimate of drug-likeness (QED) is 0.0159. The molecule has 0 spiro atoms. The average molecular weight is 1880 g/mol. The van der Waals surface area contributed by atoms with Gasteiger partial charge in [-0.2, -0.15) is 0 Å². The fraction of sp³-hybridized carbons (Fsp3) is 0.543. The highest BCUT2D eigenvalue weighted by Crippen LogP contribution is 2.46. The Kier molecular flexibility index (Phi) is 116. The second-order valence-corrected chi connectivity index (χ2v) is 43.0. The van der Waals surface area contributed by atoms with Crippen molar-refractivity contribution in [3.8, 4) is 22.3 Å². The summed E-state index contributed by atoms with van der Waals surface area (Å²) < 4.78 is 28.8. The van der Waals surface area contributed by atoms with Crippen LogP contribution in [-0.2, 0) is 88.0 Å². The van der Waals surface area contributed by atoms with Gasteiger partial charge < -0.3 is 38.3 Å². The zero-order valence-corrected chi connectivity index (χ0v) is 88.7. The van der Waals surface area contributed by atoms with Crippen LogP contribution < -0.4 is 0 Å². The van der Waals surface area contributed by atoms with E-state index < -0.39 is 8.07 Å². The maximum atomic E-state index is 11.0. The first-order chi connectivity index (χ1) is 60.0. The highest BCUT2D eigenvalue weighted by molar-refractivity contribution is 6.76. The summed E-state index contributed by atoms with van der Waals surface area (Å²) in [6, 6.07) is 62.8. The van der Waals surface area contributed by atoms with Crippen LogP contribution >= 0.6 is 0 Å². The molecule has 1 N–H and O–H groups in total. The summed E-state index contributed by atoms with van der Waals surface area (Å²) in [7, 11) is -1.08. The average Bonchev–Trinajstić information content (AvgIpc) is 1.62. The molecule has 0 radical (unpaired) electrons. The van der Waals surface area contributed by atoms with E-state index in [0.29, 0.717) is 57.1 Å². The van der Waals surface area contributed by atoms with Crippen molar-refractivity contribution in [2.24, 2.45) is 23.7 Å². The van der Waals surface area contributed by atoms with Gasteiger partial charge in [0.25, 0.3) is 6.47 Å². The molecule has 0 atom stereocenters. The van der Waals surface area contributed by atoms with Crippen molar-refractivity contribution in [2.75, 3.05) is 33.0 Å². The Labute approximate surface area is 816 Å². The number of carbonyl (C=O) groups is 7. The topological polar surface area (TPSA) is 195 Å². The van der Waals surface area contributed by atoms with E-state index >= 15 is 0 Å². The predicted molar refractivity (Wildman–Crippen MR) is 586 cm³/mol. The third-order valence-corrected chi connectivity index (χ3v) is 22.7. The number of fused-ring (bicyclic) bond motifs is 6. The molecular formula is C116H202O14Si2. The molecule has 0 unspecified atom stereocenters. The van der Waals surface area contributed by atoms with Crippen LogP contribution in [0.2, 0.25) is 43.8 Å². The van der Waals surface area contributed by atoms with Gasteiger partial charge in [0.05, 0.1) is 19.8 Å². The van der Waals surface area contributed by atoms with Crippen LogP contribution in [-0.4, -0.2) is 97.1 Å². The van der Waals surface area contributed by atoms with Gasteiger partial charge in [0, 0.05) is 63.3 Å². The molecule has 9 rings (SSSR count). The zero-order valence-electron chi connectivity index (χ0n) is 86.6. The van der Waals surface area contributed by atoms with Crippen LogP contribution in [0, 0.1) is 23.7 Å². The molecule has 16 heteroatoms. The molecule has 0 bridgehead atoms. The highest BCUT2D eigenvalue weighted by atomic mass is 28.3. The number of rotatable bonds is 23. The van der Waals surface area contributed by atoms with Crippen molar-refractivity contribution in [1.29, 1.82) is 0 Å². The summed E-state index contributed by atoms with van der Waals surface area (Å²) in [5.74, 6) is 2.40. The van der Waals surface area contributed by atoms with Gasteiger partial charge in [-0.15, -0.1) is 6.58 Å². The molecule has 0 heterocycles. The Morgan fingerprint density at radius 2 is 0.727 bits per heavy atom. The van der Waals surface area contributed by atoms with Crippen molar-refractivity contribution >= 4 is 59.0 Å². The van der Waals surface area contributed by atoms with Crippen molar-refractivity contribution in [3.63, 3.8) is 0 Å². The molecule has 2 aliphatic carbocycles. The number of aliphatic hydroxyl groups is 1. The van der Waals surface area contributed by atoms with E-state index in [0.717, 1.165) is 61.0 Å². The van der Waals surface area contributed by atoms with Crippen molar-refractivity contribution in [3.05, 3.63) is 252 Å². The molecule has 0 amide bonds. The van der Waals surface area contributed by atoms with Gasteiger partial charge in [-0.05, 0) is 141 Å². The van der Waals surface area contributed by atoms with E-state index in [-0.39, 0.29) is 100 Å². The molecule has 7 aromatic rings. The lowest BCUT2D eigenvalue weighted by atomic mass is 9.98. The second kappa shape index (κ2) is 101. The first-order valence-corrected chi connectivity index (χ1v) is 53.1. The summed E-state index contributed by atoms with van der Waals surface area (Å²) in [5, 5.41) is 9.34. The lowest BCUT2D eigenvalue weighted by molar-refractivity contribution is -0.143. The fourth-order valence-corrected chi connectivity index (χ4v) is 12.6. The van der Waals surface area contributed by atoms with Gasteiger partial charge in [0.15, 0.2) is 0 Å². The van der Waals surface area contributed by atoms with E-state index in [1.165, 1.54) is 135 Å². The van der Waals surface area contributed by atoms with Crippen LogP contribution in [0.3, 0.4) is 0 Å². The molecule has 0 aliphatic heterocycles. The van der Waals surface area contributed by atoms with Gasteiger partial charge in [0.1, 0.15) is 32.2 Å². The lowest BCUT2D eigenvalue weighted by Gasteiger charge is -2.21. The Morgan fingerprint density at radius 1 is 0.424 bits per heavy atom. The minimum atomic E-state index is -0.720. The van der Waals surface area contributed by atoms with Crippen molar-refractivity contribution in [1.82, 2.24) is 0 Å². The monoisotopic (exact) mass is 1880 g/mol. The van der Waals surface area contributed by atoms with E-state index in [4.69, 9.17) is 24.1 Å².